The first-order chi connectivity index (χ1) is 10.5. The van der Waals surface area contributed by atoms with Gasteiger partial charge in [0.05, 0.1) is 10.9 Å². The molecule has 1 saturated heterocycles. The molecule has 0 unspecified atom stereocenters. The fourth-order valence-corrected chi connectivity index (χ4v) is 4.00. The number of piperidine rings is 1. The molecule has 0 aliphatic carbocycles. The molecule has 1 amide bonds. The second kappa shape index (κ2) is 8.29. The van der Waals surface area contributed by atoms with E-state index in [0.717, 1.165) is 36.7 Å². The zero-order chi connectivity index (χ0) is 16.1. The van der Waals surface area contributed by atoms with Crippen molar-refractivity contribution < 1.29 is 4.79 Å². The largest absolute Gasteiger partial charge is 0.348 e. The second-order valence-electron chi connectivity index (χ2n) is 6.11. The summed E-state index contributed by atoms with van der Waals surface area (Å²) in [6, 6.07) is 5.01. The van der Waals surface area contributed by atoms with Gasteiger partial charge in [-0.1, -0.05) is 18.5 Å². The average Bonchev–Trinajstić information content (AvgIpc) is 2.92. The molecule has 1 aliphatic rings. The smallest absolute Gasteiger partial charge is 0.236 e. The molecule has 1 aromatic heterocycles. The lowest BCUT2D eigenvalue weighted by atomic mass is 10.0. The molecule has 1 N–H and O–H groups in total. The number of likely N-dealkylation sites (N-methyl/N-ethyl adjacent to an activating group) is 1. The van der Waals surface area contributed by atoms with Crippen LogP contribution in [-0.2, 0) is 4.79 Å². The van der Waals surface area contributed by atoms with Crippen molar-refractivity contribution in [3.05, 3.63) is 21.3 Å². The summed E-state index contributed by atoms with van der Waals surface area (Å²) in [7, 11) is 3.63. The Balaban J connectivity index is 1.80. The van der Waals surface area contributed by atoms with Gasteiger partial charge in [0, 0.05) is 44.1 Å². The van der Waals surface area contributed by atoms with Crippen molar-refractivity contribution in [1.82, 2.24) is 15.1 Å². The van der Waals surface area contributed by atoms with E-state index >= 15 is 0 Å². The Morgan fingerprint density at radius 1 is 1.45 bits per heavy atom. The van der Waals surface area contributed by atoms with Gasteiger partial charge in [-0.3, -0.25) is 9.69 Å². The molecule has 0 radical (unpaired) electrons. The molecule has 1 atom stereocenters. The first-order valence-electron chi connectivity index (χ1n) is 7.93. The minimum atomic E-state index is 0.186. The van der Waals surface area contributed by atoms with Crippen LogP contribution in [0.3, 0.4) is 0 Å². The van der Waals surface area contributed by atoms with Crippen LogP contribution in [0.5, 0.6) is 0 Å². The Labute approximate surface area is 142 Å². The van der Waals surface area contributed by atoms with Gasteiger partial charge in [0.15, 0.2) is 0 Å². The zero-order valence-corrected chi connectivity index (χ0v) is 15.2. The van der Waals surface area contributed by atoms with Gasteiger partial charge in [0.2, 0.25) is 5.91 Å². The number of nitrogens with one attached hydrogen (secondary N) is 1. The first-order valence-corrected chi connectivity index (χ1v) is 9.12. The highest BCUT2D eigenvalue weighted by molar-refractivity contribution is 7.16. The van der Waals surface area contributed by atoms with Crippen LogP contribution in [0.15, 0.2) is 12.1 Å². The van der Waals surface area contributed by atoms with Gasteiger partial charge in [-0.2, -0.15) is 0 Å². The van der Waals surface area contributed by atoms with Crippen LogP contribution in [0, 0.1) is 0 Å². The normalized spacial score (nSPS) is 18.4. The van der Waals surface area contributed by atoms with Crippen molar-refractivity contribution in [2.24, 2.45) is 0 Å². The first kappa shape index (κ1) is 17.7. The summed E-state index contributed by atoms with van der Waals surface area (Å²) in [5.74, 6) is 0.186. The van der Waals surface area contributed by atoms with E-state index < -0.39 is 0 Å². The van der Waals surface area contributed by atoms with Gasteiger partial charge in [-0.05, 0) is 31.4 Å². The van der Waals surface area contributed by atoms with E-state index in [1.165, 1.54) is 4.88 Å². The van der Waals surface area contributed by atoms with Crippen LogP contribution in [0.1, 0.15) is 37.1 Å². The number of hydrogen-bond donors (Lipinski definition) is 1. The zero-order valence-electron chi connectivity index (χ0n) is 13.6. The topological polar surface area (TPSA) is 35.6 Å². The lowest BCUT2D eigenvalue weighted by molar-refractivity contribution is -0.130. The highest BCUT2D eigenvalue weighted by Gasteiger charge is 2.23. The van der Waals surface area contributed by atoms with Crippen molar-refractivity contribution in [3.8, 4) is 0 Å². The predicted molar refractivity (Wildman–Crippen MR) is 93.7 cm³/mol. The van der Waals surface area contributed by atoms with Crippen molar-refractivity contribution in [2.75, 3.05) is 33.7 Å². The summed E-state index contributed by atoms with van der Waals surface area (Å²) in [5.41, 5.74) is 0. The fraction of sp³-hybridized carbons (Fsp3) is 0.688. The maximum absolute atomic E-state index is 11.8. The number of carbonyl (C=O) groups is 1. The lowest BCUT2D eigenvalue weighted by Crippen LogP contribution is -2.46. The van der Waals surface area contributed by atoms with Crippen LogP contribution < -0.4 is 5.32 Å². The summed E-state index contributed by atoms with van der Waals surface area (Å²) in [4.78, 5) is 17.0. The summed E-state index contributed by atoms with van der Waals surface area (Å²) in [5, 5.41) is 3.76. The van der Waals surface area contributed by atoms with Gasteiger partial charge in [0.25, 0.3) is 0 Å². The van der Waals surface area contributed by atoms with Crippen LogP contribution in [0.25, 0.3) is 0 Å². The van der Waals surface area contributed by atoms with Gasteiger partial charge < -0.3 is 10.2 Å². The Morgan fingerprint density at radius 2 is 2.14 bits per heavy atom. The third-order valence-corrected chi connectivity index (χ3v) is 5.57. The number of nitrogens with zero attached hydrogens (tertiary/aromatic N) is 2. The van der Waals surface area contributed by atoms with E-state index in [1.807, 2.05) is 20.2 Å². The lowest BCUT2D eigenvalue weighted by Gasteiger charge is -2.34. The van der Waals surface area contributed by atoms with Crippen LogP contribution in [0.2, 0.25) is 4.34 Å². The number of thiophene rings is 1. The maximum Gasteiger partial charge on any atom is 0.236 e. The molecule has 6 heteroatoms. The van der Waals surface area contributed by atoms with Gasteiger partial charge >= 0.3 is 0 Å². The average molecular weight is 344 g/mol. The Kier molecular flexibility index (Phi) is 6.68. The third-order valence-electron chi connectivity index (χ3n) is 4.23. The number of amides is 1. The van der Waals surface area contributed by atoms with Crippen molar-refractivity contribution in [2.45, 2.75) is 38.3 Å². The molecular formula is C16H26ClN3OS. The second-order valence-corrected chi connectivity index (χ2v) is 7.85. The SMILES string of the molecule is CC[C@H](NC1CCN(CC(=O)N(C)C)CC1)c1ccc(Cl)s1. The number of carbonyl (C=O) groups excluding carboxylic acids is 1. The molecule has 0 saturated carbocycles. The molecule has 124 valence electrons. The van der Waals surface area contributed by atoms with E-state index in [9.17, 15) is 4.79 Å². The van der Waals surface area contributed by atoms with Crippen molar-refractivity contribution in [1.29, 1.82) is 0 Å². The highest BCUT2D eigenvalue weighted by Crippen LogP contribution is 2.29. The van der Waals surface area contributed by atoms with Gasteiger partial charge in [0.1, 0.15) is 0 Å². The summed E-state index contributed by atoms with van der Waals surface area (Å²) in [6.45, 7) is 4.71. The molecule has 4 nitrogen and oxygen atoms in total. The minimum Gasteiger partial charge on any atom is -0.348 e. The van der Waals surface area contributed by atoms with E-state index in [4.69, 9.17) is 11.6 Å². The molecule has 1 aliphatic heterocycles. The molecule has 1 aromatic rings. The van der Waals surface area contributed by atoms with E-state index in [2.05, 4.69) is 23.2 Å². The maximum atomic E-state index is 11.8. The third kappa shape index (κ3) is 4.95. The molecule has 0 aromatic carbocycles. The molecule has 0 spiro atoms. The number of hydrogen-bond acceptors (Lipinski definition) is 4. The molecule has 0 bridgehead atoms. The summed E-state index contributed by atoms with van der Waals surface area (Å²) in [6.07, 6.45) is 3.25. The van der Waals surface area contributed by atoms with Gasteiger partial charge in [-0.15, -0.1) is 11.3 Å². The van der Waals surface area contributed by atoms with E-state index in [0.29, 0.717) is 18.6 Å². The summed E-state index contributed by atoms with van der Waals surface area (Å²) < 4.78 is 0.854. The quantitative estimate of drug-likeness (QED) is 0.862. The predicted octanol–water partition coefficient (Wildman–Crippen LogP) is 2.99. The van der Waals surface area contributed by atoms with Crippen LogP contribution in [0.4, 0.5) is 0 Å². The van der Waals surface area contributed by atoms with Gasteiger partial charge in [-0.25, -0.2) is 0 Å². The Hall–Kier alpha value is -0.620. The standard InChI is InChI=1S/C16H26ClN3OS/c1-4-13(14-5-6-15(17)22-14)18-12-7-9-20(10-8-12)11-16(21)19(2)3/h5-6,12-13,18H,4,7-11H2,1-3H3/t13-/m0/s1. The number of halogens is 1. The summed E-state index contributed by atoms with van der Waals surface area (Å²) >= 11 is 7.71. The molecular weight excluding hydrogens is 318 g/mol. The monoisotopic (exact) mass is 343 g/mol. The van der Waals surface area contributed by atoms with Crippen LogP contribution >= 0.6 is 22.9 Å². The van der Waals surface area contributed by atoms with Crippen molar-refractivity contribution >= 4 is 28.8 Å². The molecule has 22 heavy (non-hydrogen) atoms. The van der Waals surface area contributed by atoms with Crippen LogP contribution in [-0.4, -0.2) is 55.5 Å². The molecule has 2 rings (SSSR count). The fourth-order valence-electron chi connectivity index (χ4n) is 2.79. The Bertz CT molecular complexity index is 483. The minimum absolute atomic E-state index is 0.186. The molecule has 2 heterocycles. The molecule has 1 fully saturated rings. The number of rotatable bonds is 6. The Morgan fingerprint density at radius 3 is 2.64 bits per heavy atom. The highest BCUT2D eigenvalue weighted by atomic mass is 35.5. The van der Waals surface area contributed by atoms with Crippen molar-refractivity contribution in [3.63, 3.8) is 0 Å². The van der Waals surface area contributed by atoms with E-state index in [1.54, 1.807) is 16.2 Å². The van der Waals surface area contributed by atoms with E-state index in [-0.39, 0.29) is 5.91 Å². The number of likely N-dealkylation sites (tertiary alicyclic amines) is 1.